The minimum atomic E-state index is 0.0641. The van der Waals surface area contributed by atoms with E-state index in [1.54, 1.807) is 0 Å². The zero-order valence-electron chi connectivity index (χ0n) is 10.2. The van der Waals surface area contributed by atoms with Gasteiger partial charge < -0.3 is 10.7 Å². The van der Waals surface area contributed by atoms with Gasteiger partial charge in [-0.15, -0.1) is 0 Å². The van der Waals surface area contributed by atoms with E-state index in [4.69, 9.17) is 5.73 Å². The second-order valence-electron chi connectivity index (χ2n) is 5.16. The van der Waals surface area contributed by atoms with E-state index in [0.29, 0.717) is 6.54 Å². The first-order valence-corrected chi connectivity index (χ1v) is 6.26. The topological polar surface area (TPSA) is 67.6 Å². The molecule has 0 aromatic carbocycles. The number of H-pyrrole nitrogens is 1. The third-order valence-corrected chi connectivity index (χ3v) is 3.93. The Bertz CT molecular complexity index is 537. The number of imidazole rings is 1. The molecule has 90 valence electrons. The predicted octanol–water partition coefficient (Wildman–Crippen LogP) is 2.04. The SMILES string of the molecule is Cc1cnc2nc(C3(CN)CCCC3)[nH]c2c1. The fraction of sp³-hybridized carbons (Fsp3) is 0.538. The van der Waals surface area contributed by atoms with Gasteiger partial charge in [0.15, 0.2) is 5.65 Å². The monoisotopic (exact) mass is 230 g/mol. The molecule has 1 aliphatic carbocycles. The number of hydrogen-bond donors (Lipinski definition) is 2. The number of fused-ring (bicyclic) bond motifs is 1. The lowest BCUT2D eigenvalue weighted by atomic mass is 9.85. The van der Waals surface area contributed by atoms with Crippen molar-refractivity contribution in [3.05, 3.63) is 23.7 Å². The molecule has 0 amide bonds. The fourth-order valence-corrected chi connectivity index (χ4v) is 2.85. The number of pyridine rings is 1. The van der Waals surface area contributed by atoms with E-state index < -0.39 is 0 Å². The summed E-state index contributed by atoms with van der Waals surface area (Å²) in [6.45, 7) is 2.72. The standard InChI is InChI=1S/C13H18N4/c1-9-6-10-11(15-7-9)17-12(16-10)13(8-14)4-2-3-5-13/h6-7H,2-5,8,14H2,1H3,(H,15,16,17). The highest BCUT2D eigenvalue weighted by molar-refractivity contribution is 5.71. The van der Waals surface area contributed by atoms with E-state index in [2.05, 4.69) is 21.0 Å². The first-order chi connectivity index (χ1) is 8.23. The Morgan fingerprint density at radius 3 is 2.88 bits per heavy atom. The molecule has 3 N–H and O–H groups in total. The number of aryl methyl sites for hydroxylation is 1. The van der Waals surface area contributed by atoms with Crippen molar-refractivity contribution in [3.63, 3.8) is 0 Å². The van der Waals surface area contributed by atoms with E-state index in [1.165, 1.54) is 12.8 Å². The third-order valence-electron chi connectivity index (χ3n) is 3.93. The molecular weight excluding hydrogens is 212 g/mol. The van der Waals surface area contributed by atoms with Gasteiger partial charge in [0.1, 0.15) is 5.82 Å². The Hall–Kier alpha value is -1.42. The largest absolute Gasteiger partial charge is 0.340 e. The average Bonchev–Trinajstić information content (AvgIpc) is 2.94. The van der Waals surface area contributed by atoms with Crippen LogP contribution in [0.2, 0.25) is 0 Å². The van der Waals surface area contributed by atoms with E-state index in [-0.39, 0.29) is 5.41 Å². The molecule has 0 radical (unpaired) electrons. The average molecular weight is 230 g/mol. The van der Waals surface area contributed by atoms with Crippen LogP contribution in [-0.4, -0.2) is 21.5 Å². The summed E-state index contributed by atoms with van der Waals surface area (Å²) in [5, 5.41) is 0. The fourth-order valence-electron chi connectivity index (χ4n) is 2.85. The Balaban J connectivity index is 2.11. The van der Waals surface area contributed by atoms with E-state index in [0.717, 1.165) is 35.4 Å². The van der Waals surface area contributed by atoms with Crippen molar-refractivity contribution in [2.45, 2.75) is 38.0 Å². The summed E-state index contributed by atoms with van der Waals surface area (Å²) in [6.07, 6.45) is 6.64. The highest BCUT2D eigenvalue weighted by atomic mass is 15.0. The maximum Gasteiger partial charge on any atom is 0.177 e. The molecule has 1 aliphatic rings. The van der Waals surface area contributed by atoms with Crippen molar-refractivity contribution < 1.29 is 0 Å². The van der Waals surface area contributed by atoms with Crippen LogP contribution in [-0.2, 0) is 5.41 Å². The molecule has 2 aromatic rings. The zero-order valence-corrected chi connectivity index (χ0v) is 10.2. The van der Waals surface area contributed by atoms with Crippen LogP contribution in [0.25, 0.3) is 11.2 Å². The summed E-state index contributed by atoms with van der Waals surface area (Å²) < 4.78 is 0. The molecular formula is C13H18N4. The Labute approximate surface area is 101 Å². The molecule has 4 nitrogen and oxygen atoms in total. The molecule has 0 atom stereocenters. The highest BCUT2D eigenvalue weighted by Crippen LogP contribution is 2.39. The third kappa shape index (κ3) is 1.63. The number of hydrogen-bond acceptors (Lipinski definition) is 3. The number of aromatic amines is 1. The molecule has 0 spiro atoms. The lowest BCUT2D eigenvalue weighted by Gasteiger charge is -2.24. The number of nitrogens with one attached hydrogen (secondary N) is 1. The van der Waals surface area contributed by atoms with Gasteiger partial charge in [-0.1, -0.05) is 12.8 Å². The minimum absolute atomic E-state index is 0.0641. The second kappa shape index (κ2) is 3.81. The van der Waals surface area contributed by atoms with Gasteiger partial charge in [-0.05, 0) is 31.4 Å². The van der Waals surface area contributed by atoms with Gasteiger partial charge in [0.2, 0.25) is 0 Å². The first-order valence-electron chi connectivity index (χ1n) is 6.26. The predicted molar refractivity (Wildman–Crippen MR) is 67.8 cm³/mol. The van der Waals surface area contributed by atoms with Crippen LogP contribution in [0.5, 0.6) is 0 Å². The molecule has 1 fully saturated rings. The second-order valence-corrected chi connectivity index (χ2v) is 5.16. The van der Waals surface area contributed by atoms with Crippen molar-refractivity contribution in [1.82, 2.24) is 15.0 Å². The maximum absolute atomic E-state index is 5.97. The molecule has 0 saturated heterocycles. The molecule has 0 unspecified atom stereocenters. The van der Waals surface area contributed by atoms with Crippen molar-refractivity contribution in [1.29, 1.82) is 0 Å². The van der Waals surface area contributed by atoms with Gasteiger partial charge in [-0.2, -0.15) is 0 Å². The highest BCUT2D eigenvalue weighted by Gasteiger charge is 2.37. The lowest BCUT2D eigenvalue weighted by molar-refractivity contribution is 0.429. The molecule has 1 saturated carbocycles. The van der Waals surface area contributed by atoms with Crippen LogP contribution in [0.15, 0.2) is 12.3 Å². The van der Waals surface area contributed by atoms with Crippen LogP contribution in [0.3, 0.4) is 0 Å². The quantitative estimate of drug-likeness (QED) is 0.829. The van der Waals surface area contributed by atoms with Crippen molar-refractivity contribution in [2.24, 2.45) is 5.73 Å². The van der Waals surface area contributed by atoms with Crippen LogP contribution in [0, 0.1) is 6.92 Å². The van der Waals surface area contributed by atoms with Crippen LogP contribution >= 0.6 is 0 Å². The van der Waals surface area contributed by atoms with Crippen molar-refractivity contribution >= 4 is 11.2 Å². The zero-order chi connectivity index (χ0) is 11.9. The summed E-state index contributed by atoms with van der Waals surface area (Å²) in [6, 6.07) is 2.10. The summed E-state index contributed by atoms with van der Waals surface area (Å²) in [5.74, 6) is 1.03. The molecule has 3 rings (SSSR count). The lowest BCUT2D eigenvalue weighted by Crippen LogP contribution is -2.33. The van der Waals surface area contributed by atoms with Crippen LogP contribution in [0.4, 0.5) is 0 Å². The Morgan fingerprint density at radius 2 is 2.18 bits per heavy atom. The van der Waals surface area contributed by atoms with Gasteiger partial charge >= 0.3 is 0 Å². The minimum Gasteiger partial charge on any atom is -0.340 e. The van der Waals surface area contributed by atoms with E-state index in [1.807, 2.05) is 13.1 Å². The molecule has 4 heteroatoms. The first kappa shape index (κ1) is 10.7. The summed E-state index contributed by atoms with van der Waals surface area (Å²) in [5.41, 5.74) is 9.03. The van der Waals surface area contributed by atoms with E-state index in [9.17, 15) is 0 Å². The number of aromatic nitrogens is 3. The van der Waals surface area contributed by atoms with Gasteiger partial charge in [0.05, 0.1) is 5.52 Å². The van der Waals surface area contributed by atoms with Gasteiger partial charge in [0, 0.05) is 18.2 Å². The molecule has 17 heavy (non-hydrogen) atoms. The summed E-state index contributed by atoms with van der Waals surface area (Å²) >= 11 is 0. The van der Waals surface area contributed by atoms with Gasteiger partial charge in [0.25, 0.3) is 0 Å². The maximum atomic E-state index is 5.97. The normalized spacial score (nSPS) is 18.9. The van der Waals surface area contributed by atoms with E-state index >= 15 is 0 Å². The Morgan fingerprint density at radius 1 is 1.41 bits per heavy atom. The number of nitrogens with zero attached hydrogens (tertiary/aromatic N) is 2. The molecule has 0 bridgehead atoms. The molecule has 2 heterocycles. The smallest absolute Gasteiger partial charge is 0.177 e. The van der Waals surface area contributed by atoms with Gasteiger partial charge in [-0.3, -0.25) is 0 Å². The molecule has 0 aliphatic heterocycles. The van der Waals surface area contributed by atoms with Crippen LogP contribution in [0.1, 0.15) is 37.1 Å². The summed E-state index contributed by atoms with van der Waals surface area (Å²) in [7, 11) is 0. The number of nitrogens with two attached hydrogens (primary N) is 1. The Kier molecular flexibility index (Phi) is 2.40. The van der Waals surface area contributed by atoms with Crippen molar-refractivity contribution in [3.8, 4) is 0 Å². The molecule has 2 aromatic heterocycles. The van der Waals surface area contributed by atoms with Gasteiger partial charge in [-0.25, -0.2) is 9.97 Å². The number of rotatable bonds is 2. The van der Waals surface area contributed by atoms with Crippen molar-refractivity contribution in [2.75, 3.05) is 6.54 Å². The van der Waals surface area contributed by atoms with Crippen LogP contribution < -0.4 is 5.73 Å². The summed E-state index contributed by atoms with van der Waals surface area (Å²) in [4.78, 5) is 12.4.